The predicted octanol–water partition coefficient (Wildman–Crippen LogP) is 7.21. The highest BCUT2D eigenvalue weighted by atomic mass is 16.2. The van der Waals surface area contributed by atoms with Crippen molar-refractivity contribution in [1.29, 1.82) is 0 Å². The first-order valence-corrected chi connectivity index (χ1v) is 16.4. The molecule has 4 saturated carbocycles. The van der Waals surface area contributed by atoms with Gasteiger partial charge in [0.05, 0.1) is 11.0 Å². The largest absolute Gasteiger partial charge is 0.299 e. The Kier molecular flexibility index (Phi) is 6.69. The Hall–Kier alpha value is -2.50. The number of Topliss-reactive ketones (excluding diaryl/α,β-unsaturated/α-hetero) is 1. The van der Waals surface area contributed by atoms with Crippen LogP contribution in [0.5, 0.6) is 0 Å². The average molecular weight is 574 g/mol. The van der Waals surface area contributed by atoms with Gasteiger partial charge in [-0.3, -0.25) is 30.2 Å². The molecule has 6 rings (SSSR count). The van der Waals surface area contributed by atoms with Gasteiger partial charge < -0.3 is 0 Å². The molecule has 42 heavy (non-hydrogen) atoms. The maximum absolute atomic E-state index is 14.2. The normalized spacial score (nSPS) is 41.6. The van der Waals surface area contributed by atoms with Crippen molar-refractivity contribution in [3.05, 3.63) is 41.7 Å². The zero-order valence-corrected chi connectivity index (χ0v) is 26.9. The lowest BCUT2D eigenvalue weighted by Gasteiger charge is -2.70. The zero-order valence-electron chi connectivity index (χ0n) is 26.9. The van der Waals surface area contributed by atoms with Gasteiger partial charge in [0.1, 0.15) is 5.78 Å². The van der Waals surface area contributed by atoms with Gasteiger partial charge in [-0.05, 0) is 109 Å². The lowest BCUT2D eigenvalue weighted by Crippen LogP contribution is -2.65. The Balaban J connectivity index is 1.34. The van der Waals surface area contributed by atoms with E-state index >= 15 is 0 Å². The highest BCUT2D eigenvalue weighted by Gasteiger charge is 2.69. The minimum atomic E-state index is -0.521. The van der Waals surface area contributed by atoms with Crippen molar-refractivity contribution in [2.45, 2.75) is 113 Å². The molecular formula is C36H51N3O3. The summed E-state index contributed by atoms with van der Waals surface area (Å²) in [5, 5.41) is 0. The number of hydrogen-bond donors (Lipinski definition) is 2. The van der Waals surface area contributed by atoms with E-state index in [-0.39, 0.29) is 44.8 Å². The zero-order chi connectivity index (χ0) is 30.3. The third-order valence-electron chi connectivity index (χ3n) is 14.0. The Labute approximate surface area is 252 Å². The van der Waals surface area contributed by atoms with Crippen LogP contribution < -0.4 is 10.9 Å². The minimum absolute atomic E-state index is 0.0102. The molecule has 5 aliphatic carbocycles. The number of rotatable bonds is 2. The molecule has 0 bridgehead atoms. The van der Waals surface area contributed by atoms with E-state index in [4.69, 9.17) is 0 Å². The standard InChI is InChI=1S/C36H51N3O3/c1-31(2)16-18-36(30(42)39-38-29(41)23-9-8-20-37-22-23)19-17-34(6)24(25(36)21-31)10-11-27-33(5)14-13-28(40)32(3,4)26(33)12-15-35(27,34)7/h8-10,20,22,25-27H,11-19,21H2,1-7H3,(H,38,41)(H,39,42)/t25-,26-,27+,33-,34+,35+,36-/m0/s1. The van der Waals surface area contributed by atoms with Crippen LogP contribution in [-0.4, -0.2) is 22.6 Å². The molecule has 0 aromatic carbocycles. The number of aromatic nitrogens is 1. The van der Waals surface area contributed by atoms with E-state index < -0.39 is 5.41 Å². The summed E-state index contributed by atoms with van der Waals surface area (Å²) < 4.78 is 0. The Morgan fingerprint density at radius 2 is 1.64 bits per heavy atom. The quantitative estimate of drug-likeness (QED) is 0.289. The number of hydrogen-bond acceptors (Lipinski definition) is 4. The Bertz CT molecular complexity index is 1330. The van der Waals surface area contributed by atoms with Gasteiger partial charge in [0.25, 0.3) is 5.91 Å². The molecule has 0 spiro atoms. The maximum atomic E-state index is 14.2. The highest BCUT2D eigenvalue weighted by molar-refractivity contribution is 5.95. The van der Waals surface area contributed by atoms with Gasteiger partial charge in [-0.2, -0.15) is 0 Å². The van der Waals surface area contributed by atoms with Crippen molar-refractivity contribution in [2.75, 3.05) is 0 Å². The van der Waals surface area contributed by atoms with Gasteiger partial charge in [-0.15, -0.1) is 0 Å². The number of allylic oxidation sites excluding steroid dienone is 2. The number of fused-ring (bicyclic) bond motifs is 7. The first kappa shape index (κ1) is 29.6. The van der Waals surface area contributed by atoms with Gasteiger partial charge in [0.15, 0.2) is 0 Å². The van der Waals surface area contributed by atoms with E-state index in [9.17, 15) is 14.4 Å². The lowest BCUT2D eigenvalue weighted by molar-refractivity contribution is -0.186. The summed E-state index contributed by atoms with van der Waals surface area (Å²) in [5.41, 5.74) is 7.16. The molecule has 2 amide bonds. The average Bonchev–Trinajstić information content (AvgIpc) is 2.94. The summed E-state index contributed by atoms with van der Waals surface area (Å²) in [6.07, 6.45) is 15.3. The first-order chi connectivity index (χ1) is 19.6. The molecule has 1 aromatic heterocycles. The number of carbonyl (C=O) groups excluding carboxylic acids is 3. The number of nitrogens with zero attached hydrogens (tertiary/aromatic N) is 1. The molecule has 6 heteroatoms. The molecule has 228 valence electrons. The van der Waals surface area contributed by atoms with Crippen molar-refractivity contribution in [1.82, 2.24) is 15.8 Å². The fourth-order valence-electron chi connectivity index (χ4n) is 11.3. The molecule has 0 saturated heterocycles. The van der Waals surface area contributed by atoms with Crippen LogP contribution in [0.1, 0.15) is 123 Å². The first-order valence-electron chi connectivity index (χ1n) is 16.4. The van der Waals surface area contributed by atoms with Gasteiger partial charge in [0, 0.05) is 24.2 Å². The van der Waals surface area contributed by atoms with Crippen LogP contribution >= 0.6 is 0 Å². The van der Waals surface area contributed by atoms with Crippen LogP contribution in [0.4, 0.5) is 0 Å². The van der Waals surface area contributed by atoms with Gasteiger partial charge in [0.2, 0.25) is 5.91 Å². The van der Waals surface area contributed by atoms with Crippen LogP contribution in [0.25, 0.3) is 0 Å². The van der Waals surface area contributed by atoms with Crippen molar-refractivity contribution in [2.24, 2.45) is 50.2 Å². The van der Waals surface area contributed by atoms with Crippen LogP contribution in [0.2, 0.25) is 0 Å². The number of carbonyl (C=O) groups is 3. The molecule has 0 unspecified atom stereocenters. The van der Waals surface area contributed by atoms with E-state index in [1.807, 2.05) is 0 Å². The number of pyridine rings is 1. The third-order valence-corrected chi connectivity index (χ3v) is 14.0. The van der Waals surface area contributed by atoms with Gasteiger partial charge in [-0.1, -0.05) is 60.1 Å². The van der Waals surface area contributed by atoms with E-state index in [0.29, 0.717) is 29.6 Å². The SMILES string of the molecule is CC1(C)CC[C@]2(C(=O)NNC(=O)c3cccnc3)CC[C@]3(C)C(=CC[C@@H]4[C@@]5(C)CCC(=O)C(C)(C)[C@@H]5CC[C@]43C)[C@@H]2C1. The summed E-state index contributed by atoms with van der Waals surface area (Å²) >= 11 is 0. The van der Waals surface area contributed by atoms with Gasteiger partial charge >= 0.3 is 0 Å². The number of ketones is 1. The number of nitrogens with one attached hydrogen (secondary N) is 2. The third kappa shape index (κ3) is 4.02. The maximum Gasteiger partial charge on any atom is 0.271 e. The molecule has 4 fully saturated rings. The van der Waals surface area contributed by atoms with Crippen LogP contribution in [0, 0.1) is 50.2 Å². The van der Waals surface area contributed by atoms with Gasteiger partial charge in [-0.25, -0.2) is 0 Å². The second kappa shape index (κ2) is 9.50. The highest BCUT2D eigenvalue weighted by Crippen LogP contribution is 2.75. The summed E-state index contributed by atoms with van der Waals surface area (Å²) in [7, 11) is 0. The number of hydrazine groups is 1. The molecule has 6 nitrogen and oxygen atoms in total. The summed E-state index contributed by atoms with van der Waals surface area (Å²) in [4.78, 5) is 44.1. The molecule has 5 aliphatic rings. The summed E-state index contributed by atoms with van der Waals surface area (Å²) in [6, 6.07) is 3.42. The summed E-state index contributed by atoms with van der Waals surface area (Å²) in [5.74, 6) is 1.17. The fourth-order valence-corrected chi connectivity index (χ4v) is 11.3. The van der Waals surface area contributed by atoms with E-state index in [1.54, 1.807) is 18.3 Å². The molecular weight excluding hydrogens is 522 g/mol. The van der Waals surface area contributed by atoms with E-state index in [1.165, 1.54) is 11.8 Å². The fraction of sp³-hybridized carbons (Fsp3) is 0.722. The van der Waals surface area contributed by atoms with Crippen molar-refractivity contribution >= 4 is 17.6 Å². The predicted molar refractivity (Wildman–Crippen MR) is 164 cm³/mol. The molecule has 0 aliphatic heterocycles. The monoisotopic (exact) mass is 573 g/mol. The Morgan fingerprint density at radius 3 is 2.36 bits per heavy atom. The van der Waals surface area contributed by atoms with Crippen molar-refractivity contribution in [3.63, 3.8) is 0 Å². The second-order valence-corrected chi connectivity index (χ2v) is 16.7. The van der Waals surface area contributed by atoms with Crippen LogP contribution in [-0.2, 0) is 9.59 Å². The molecule has 2 N–H and O–H groups in total. The minimum Gasteiger partial charge on any atom is -0.299 e. The topological polar surface area (TPSA) is 88.2 Å². The lowest BCUT2D eigenvalue weighted by atomic mass is 9.33. The molecule has 1 aromatic rings. The van der Waals surface area contributed by atoms with Crippen LogP contribution in [0.15, 0.2) is 36.2 Å². The smallest absolute Gasteiger partial charge is 0.271 e. The molecule has 0 radical (unpaired) electrons. The van der Waals surface area contributed by atoms with Crippen molar-refractivity contribution in [3.8, 4) is 0 Å². The molecule has 7 atom stereocenters. The van der Waals surface area contributed by atoms with Crippen molar-refractivity contribution < 1.29 is 14.4 Å². The number of amides is 2. The molecule has 1 heterocycles. The van der Waals surface area contributed by atoms with E-state index in [2.05, 4.69) is 70.4 Å². The van der Waals surface area contributed by atoms with E-state index in [0.717, 1.165) is 57.8 Å². The van der Waals surface area contributed by atoms with Crippen LogP contribution in [0.3, 0.4) is 0 Å². The summed E-state index contributed by atoms with van der Waals surface area (Å²) in [6.45, 7) is 16.7. The second-order valence-electron chi connectivity index (χ2n) is 16.7. The Morgan fingerprint density at radius 1 is 0.905 bits per heavy atom.